The molecular formula is C28H42F4O2. The molecule has 6 heteroatoms. The summed E-state index contributed by atoms with van der Waals surface area (Å²) in [6.07, 6.45) is 12.7. The highest BCUT2D eigenvalue weighted by molar-refractivity contribution is 5.35. The van der Waals surface area contributed by atoms with Gasteiger partial charge in [0.15, 0.2) is 18.1 Å². The summed E-state index contributed by atoms with van der Waals surface area (Å²) in [7, 11) is 0. The van der Waals surface area contributed by atoms with Crippen molar-refractivity contribution < 1.29 is 27.0 Å². The maximum atomic E-state index is 14.4. The molecule has 0 atom stereocenters. The molecule has 0 amide bonds. The lowest BCUT2D eigenvalue weighted by Crippen LogP contribution is -2.30. The van der Waals surface area contributed by atoms with Crippen LogP contribution in [0.4, 0.5) is 17.6 Å². The Hall–Kier alpha value is -1.46. The molecule has 0 saturated heterocycles. The average Bonchev–Trinajstić information content (AvgIpc) is 2.81. The molecule has 2 nitrogen and oxygen atoms in total. The number of rotatable bonds is 12. The minimum Gasteiger partial charge on any atom is -0.490 e. The Kier molecular flexibility index (Phi) is 10.4. The van der Waals surface area contributed by atoms with Crippen LogP contribution in [-0.4, -0.2) is 19.1 Å². The second-order valence-electron chi connectivity index (χ2n) is 10.8. The summed E-state index contributed by atoms with van der Waals surface area (Å²) in [6, 6.07) is 2.45. The summed E-state index contributed by atoms with van der Waals surface area (Å²) in [5, 5.41) is 0. The molecule has 0 unspecified atom stereocenters. The van der Waals surface area contributed by atoms with Crippen molar-refractivity contribution in [2.75, 3.05) is 13.2 Å². The number of benzene rings is 1. The van der Waals surface area contributed by atoms with E-state index in [2.05, 4.69) is 13.8 Å². The number of alkyl halides is 2. The molecular weight excluding hydrogens is 444 g/mol. The van der Waals surface area contributed by atoms with Crippen molar-refractivity contribution in [1.29, 1.82) is 0 Å². The molecule has 2 saturated carbocycles. The van der Waals surface area contributed by atoms with Gasteiger partial charge in [-0.15, -0.1) is 0 Å². The summed E-state index contributed by atoms with van der Waals surface area (Å²) < 4.78 is 68.0. The Labute approximate surface area is 202 Å². The van der Waals surface area contributed by atoms with E-state index in [-0.39, 0.29) is 18.1 Å². The third-order valence-corrected chi connectivity index (χ3v) is 7.85. The normalized spacial score (nSPS) is 25.8. The van der Waals surface area contributed by atoms with Crippen molar-refractivity contribution in [3.8, 4) is 11.5 Å². The first-order valence-corrected chi connectivity index (χ1v) is 13.4. The van der Waals surface area contributed by atoms with Crippen molar-refractivity contribution in [3.63, 3.8) is 0 Å². The molecule has 34 heavy (non-hydrogen) atoms. The fraction of sp³-hybridized carbons (Fsp3) is 0.786. The number of hydrogen-bond acceptors (Lipinski definition) is 2. The van der Waals surface area contributed by atoms with Gasteiger partial charge in [-0.3, -0.25) is 0 Å². The average molecular weight is 487 g/mol. The van der Waals surface area contributed by atoms with Crippen molar-refractivity contribution in [1.82, 2.24) is 0 Å². The molecule has 1 aromatic rings. The fourth-order valence-corrected chi connectivity index (χ4v) is 5.71. The first kappa shape index (κ1) is 27.1. The van der Waals surface area contributed by atoms with Crippen LogP contribution >= 0.6 is 0 Å². The van der Waals surface area contributed by atoms with Crippen LogP contribution in [0.1, 0.15) is 97.3 Å². The third-order valence-electron chi connectivity index (χ3n) is 7.85. The summed E-state index contributed by atoms with van der Waals surface area (Å²) in [6.45, 7) is 3.73. The van der Waals surface area contributed by atoms with E-state index in [1.165, 1.54) is 50.7 Å². The van der Waals surface area contributed by atoms with Crippen molar-refractivity contribution in [2.45, 2.75) is 103 Å². The maximum absolute atomic E-state index is 14.4. The van der Waals surface area contributed by atoms with Gasteiger partial charge in [0.25, 0.3) is 5.92 Å². The van der Waals surface area contributed by atoms with E-state index < -0.39 is 29.9 Å². The van der Waals surface area contributed by atoms with Gasteiger partial charge in [-0.2, -0.15) is 8.78 Å². The smallest absolute Gasteiger partial charge is 0.281 e. The van der Waals surface area contributed by atoms with E-state index in [4.69, 9.17) is 9.47 Å². The molecule has 0 heterocycles. The standard InChI is InChI=1S/C28H42F4O2/c1-3-5-21-11-13-22(14-12-21)6-4-17-33-24-15-16-25(27(30)26(24)29)34-19-28(31,32)18-23-9-7-20(2)8-10-23/h15-16,20-23H,3-14,17-19H2,1-2H3. The Morgan fingerprint density at radius 3 is 1.91 bits per heavy atom. The molecule has 0 N–H and O–H groups in total. The van der Waals surface area contributed by atoms with Gasteiger partial charge in [0, 0.05) is 6.42 Å². The highest BCUT2D eigenvalue weighted by atomic mass is 19.3. The first-order valence-electron chi connectivity index (χ1n) is 13.4. The SMILES string of the molecule is CCCC1CCC(CCCOc2ccc(OCC(F)(F)CC3CCC(C)CC3)c(F)c2F)CC1. The molecule has 1 aromatic carbocycles. The van der Waals surface area contributed by atoms with Crippen LogP contribution in [0.15, 0.2) is 12.1 Å². The van der Waals surface area contributed by atoms with Gasteiger partial charge in [-0.1, -0.05) is 65.2 Å². The van der Waals surface area contributed by atoms with E-state index in [1.54, 1.807) is 0 Å². The molecule has 0 bridgehead atoms. The van der Waals surface area contributed by atoms with Crippen molar-refractivity contribution in [3.05, 3.63) is 23.8 Å². The van der Waals surface area contributed by atoms with Gasteiger partial charge in [0.1, 0.15) is 0 Å². The van der Waals surface area contributed by atoms with E-state index in [0.29, 0.717) is 18.4 Å². The Bertz CT molecular complexity index is 738. The number of halogens is 4. The zero-order valence-corrected chi connectivity index (χ0v) is 20.9. The third kappa shape index (κ3) is 8.34. The lowest BCUT2D eigenvalue weighted by atomic mass is 9.78. The molecule has 2 aliphatic rings. The largest absolute Gasteiger partial charge is 0.490 e. The lowest BCUT2D eigenvalue weighted by molar-refractivity contribution is -0.0647. The lowest BCUT2D eigenvalue weighted by Gasteiger charge is -2.29. The summed E-state index contributed by atoms with van der Waals surface area (Å²) in [5.74, 6) is -4.11. The Morgan fingerprint density at radius 2 is 1.32 bits per heavy atom. The van der Waals surface area contributed by atoms with E-state index in [1.807, 2.05) is 0 Å². The van der Waals surface area contributed by atoms with E-state index in [9.17, 15) is 17.6 Å². The predicted molar refractivity (Wildman–Crippen MR) is 128 cm³/mol. The van der Waals surface area contributed by atoms with Crippen molar-refractivity contribution >= 4 is 0 Å². The van der Waals surface area contributed by atoms with Gasteiger partial charge in [-0.25, -0.2) is 8.78 Å². The van der Waals surface area contributed by atoms with E-state index >= 15 is 0 Å². The van der Waals surface area contributed by atoms with Gasteiger partial charge in [-0.05, 0) is 61.5 Å². The molecule has 0 radical (unpaired) electrons. The predicted octanol–water partition coefficient (Wildman–Crippen LogP) is 8.96. The Balaban J connectivity index is 1.40. The molecule has 0 aliphatic heterocycles. The first-order chi connectivity index (χ1) is 16.3. The maximum Gasteiger partial charge on any atom is 0.281 e. The highest BCUT2D eigenvalue weighted by Crippen LogP contribution is 2.37. The quantitative estimate of drug-likeness (QED) is 0.217. The highest BCUT2D eigenvalue weighted by Gasteiger charge is 2.35. The monoisotopic (exact) mass is 486 g/mol. The topological polar surface area (TPSA) is 18.5 Å². The van der Waals surface area contributed by atoms with Gasteiger partial charge < -0.3 is 9.47 Å². The van der Waals surface area contributed by atoms with Crippen molar-refractivity contribution in [2.24, 2.45) is 23.7 Å². The van der Waals surface area contributed by atoms with Crippen LogP contribution in [-0.2, 0) is 0 Å². The van der Waals surface area contributed by atoms with Crippen LogP contribution in [0.2, 0.25) is 0 Å². The van der Waals surface area contributed by atoms with Crippen LogP contribution in [0.25, 0.3) is 0 Å². The summed E-state index contributed by atoms with van der Waals surface area (Å²) >= 11 is 0. The summed E-state index contributed by atoms with van der Waals surface area (Å²) in [5.41, 5.74) is 0. The second-order valence-corrected chi connectivity index (χ2v) is 10.8. The molecule has 194 valence electrons. The molecule has 2 aliphatic carbocycles. The zero-order chi connectivity index (χ0) is 24.6. The van der Waals surface area contributed by atoms with Gasteiger partial charge in [0.2, 0.25) is 11.6 Å². The van der Waals surface area contributed by atoms with Crippen LogP contribution in [0.3, 0.4) is 0 Å². The van der Waals surface area contributed by atoms with Crippen LogP contribution < -0.4 is 9.47 Å². The van der Waals surface area contributed by atoms with Gasteiger partial charge >= 0.3 is 0 Å². The number of ether oxygens (including phenoxy) is 2. The summed E-state index contributed by atoms with van der Waals surface area (Å²) in [4.78, 5) is 0. The fourth-order valence-electron chi connectivity index (χ4n) is 5.71. The van der Waals surface area contributed by atoms with Crippen LogP contribution in [0, 0.1) is 35.3 Å². The zero-order valence-electron chi connectivity index (χ0n) is 20.9. The second kappa shape index (κ2) is 13.0. The van der Waals surface area contributed by atoms with E-state index in [0.717, 1.165) is 44.4 Å². The Morgan fingerprint density at radius 1 is 0.794 bits per heavy atom. The molecule has 0 spiro atoms. The molecule has 3 rings (SSSR count). The minimum absolute atomic E-state index is 0.0430. The minimum atomic E-state index is -3.07. The molecule has 2 fully saturated rings. The molecule has 0 aromatic heterocycles. The number of hydrogen-bond donors (Lipinski definition) is 0. The van der Waals surface area contributed by atoms with Gasteiger partial charge in [0.05, 0.1) is 6.61 Å². The van der Waals surface area contributed by atoms with Crippen LogP contribution in [0.5, 0.6) is 11.5 Å².